The summed E-state index contributed by atoms with van der Waals surface area (Å²) in [6.07, 6.45) is 1.74. The predicted octanol–water partition coefficient (Wildman–Crippen LogP) is 3.09. The molecule has 1 aliphatic rings. The van der Waals surface area contributed by atoms with E-state index in [9.17, 15) is 4.79 Å². The predicted molar refractivity (Wildman–Crippen MR) is 92.2 cm³/mol. The van der Waals surface area contributed by atoms with Crippen molar-refractivity contribution in [3.8, 4) is 5.88 Å². The molecule has 1 aliphatic heterocycles. The summed E-state index contributed by atoms with van der Waals surface area (Å²) in [5.41, 5.74) is 2.77. The van der Waals surface area contributed by atoms with Gasteiger partial charge in [-0.2, -0.15) is 4.98 Å². The van der Waals surface area contributed by atoms with Crippen molar-refractivity contribution in [3.05, 3.63) is 53.0 Å². The first kappa shape index (κ1) is 16.4. The Balaban J connectivity index is 1.58. The Labute approximate surface area is 142 Å². The third-order valence-corrected chi connectivity index (χ3v) is 4.22. The number of benzene rings is 1. The minimum absolute atomic E-state index is 0.0975. The van der Waals surface area contributed by atoms with E-state index in [-0.39, 0.29) is 12.0 Å². The Kier molecular flexibility index (Phi) is 4.79. The van der Waals surface area contributed by atoms with Gasteiger partial charge in [-0.1, -0.05) is 17.7 Å². The van der Waals surface area contributed by atoms with E-state index in [1.807, 2.05) is 56.0 Å². The molecule has 5 nitrogen and oxygen atoms in total. The second kappa shape index (κ2) is 6.99. The van der Waals surface area contributed by atoms with Gasteiger partial charge < -0.3 is 9.64 Å². The molecule has 2 heterocycles. The Bertz CT molecular complexity index is 717. The number of hydrogen-bond donors (Lipinski definition) is 0. The van der Waals surface area contributed by atoms with Crippen LogP contribution in [0, 0.1) is 20.8 Å². The summed E-state index contributed by atoms with van der Waals surface area (Å²) in [4.78, 5) is 23.1. The molecule has 0 aliphatic carbocycles. The summed E-state index contributed by atoms with van der Waals surface area (Å²) < 4.78 is 5.98. The van der Waals surface area contributed by atoms with Crippen molar-refractivity contribution in [2.45, 2.75) is 39.7 Å². The van der Waals surface area contributed by atoms with E-state index in [4.69, 9.17) is 4.74 Å². The van der Waals surface area contributed by atoms with Crippen LogP contribution in [0.2, 0.25) is 0 Å². The number of piperidine rings is 1. The summed E-state index contributed by atoms with van der Waals surface area (Å²) >= 11 is 0. The second-order valence-electron chi connectivity index (χ2n) is 6.37. The molecule has 0 N–H and O–H groups in total. The van der Waals surface area contributed by atoms with Gasteiger partial charge in [-0.3, -0.25) is 4.79 Å². The number of amides is 1. The lowest BCUT2D eigenvalue weighted by molar-refractivity contribution is 0.0587. The number of rotatable bonds is 3. The smallest absolute Gasteiger partial charge is 0.253 e. The lowest BCUT2D eigenvalue weighted by Crippen LogP contribution is -2.41. The van der Waals surface area contributed by atoms with Crippen molar-refractivity contribution in [2.24, 2.45) is 0 Å². The molecule has 126 valence electrons. The van der Waals surface area contributed by atoms with Crippen LogP contribution >= 0.6 is 0 Å². The highest BCUT2D eigenvalue weighted by molar-refractivity contribution is 5.94. The van der Waals surface area contributed by atoms with Crippen molar-refractivity contribution < 1.29 is 9.53 Å². The lowest BCUT2D eigenvalue weighted by atomic mass is 10.1. The minimum atomic E-state index is 0.0975. The van der Waals surface area contributed by atoms with E-state index in [0.29, 0.717) is 19.0 Å². The Hall–Kier alpha value is -2.43. The largest absolute Gasteiger partial charge is 0.474 e. The third kappa shape index (κ3) is 3.91. The van der Waals surface area contributed by atoms with Crippen LogP contribution in [0.1, 0.15) is 40.3 Å². The topological polar surface area (TPSA) is 55.3 Å². The van der Waals surface area contributed by atoms with Gasteiger partial charge in [0, 0.05) is 43.3 Å². The average molecular weight is 325 g/mol. The van der Waals surface area contributed by atoms with E-state index >= 15 is 0 Å². The van der Waals surface area contributed by atoms with E-state index in [1.54, 1.807) is 0 Å². The maximum Gasteiger partial charge on any atom is 0.253 e. The normalized spacial score (nSPS) is 15.4. The summed E-state index contributed by atoms with van der Waals surface area (Å²) in [6, 6.07) is 9.61. The minimum Gasteiger partial charge on any atom is -0.474 e. The fourth-order valence-corrected chi connectivity index (χ4v) is 3.05. The molecule has 1 amide bonds. The summed E-state index contributed by atoms with van der Waals surface area (Å²) in [5, 5.41) is 0. The molecule has 1 fully saturated rings. The van der Waals surface area contributed by atoms with Gasteiger partial charge in [0.25, 0.3) is 5.91 Å². The molecule has 1 aromatic heterocycles. The van der Waals surface area contributed by atoms with Crippen molar-refractivity contribution in [3.63, 3.8) is 0 Å². The molecule has 2 aromatic rings. The van der Waals surface area contributed by atoms with Gasteiger partial charge in [-0.05, 0) is 32.9 Å². The molecule has 24 heavy (non-hydrogen) atoms. The molecule has 3 rings (SSSR count). The highest BCUT2D eigenvalue weighted by Crippen LogP contribution is 2.19. The van der Waals surface area contributed by atoms with E-state index in [2.05, 4.69) is 9.97 Å². The number of ether oxygens (including phenoxy) is 1. The number of carbonyl (C=O) groups excluding carboxylic acids is 1. The molecule has 0 spiro atoms. The zero-order chi connectivity index (χ0) is 17.1. The van der Waals surface area contributed by atoms with Crippen molar-refractivity contribution in [1.82, 2.24) is 14.9 Å². The Morgan fingerprint density at radius 3 is 2.54 bits per heavy atom. The number of hydrogen-bond acceptors (Lipinski definition) is 4. The molecule has 0 saturated carbocycles. The van der Waals surface area contributed by atoms with Crippen LogP contribution < -0.4 is 4.74 Å². The maximum atomic E-state index is 12.6. The first-order valence-corrected chi connectivity index (χ1v) is 8.36. The molecule has 0 atom stereocenters. The van der Waals surface area contributed by atoms with Crippen LogP contribution in [0.25, 0.3) is 0 Å². The van der Waals surface area contributed by atoms with E-state index in [0.717, 1.165) is 35.5 Å². The monoisotopic (exact) mass is 325 g/mol. The van der Waals surface area contributed by atoms with Gasteiger partial charge in [0.15, 0.2) is 0 Å². The fraction of sp³-hybridized carbons (Fsp3) is 0.421. The summed E-state index contributed by atoms with van der Waals surface area (Å²) in [7, 11) is 0. The number of likely N-dealkylation sites (tertiary alicyclic amines) is 1. The quantitative estimate of drug-likeness (QED) is 0.870. The van der Waals surface area contributed by atoms with Crippen LogP contribution in [0.3, 0.4) is 0 Å². The van der Waals surface area contributed by atoms with Gasteiger partial charge in [-0.15, -0.1) is 0 Å². The first-order chi connectivity index (χ1) is 11.5. The number of carbonyl (C=O) groups is 1. The molecular weight excluding hydrogens is 302 g/mol. The van der Waals surface area contributed by atoms with Gasteiger partial charge in [-0.25, -0.2) is 4.98 Å². The zero-order valence-corrected chi connectivity index (χ0v) is 14.5. The molecule has 0 unspecified atom stereocenters. The van der Waals surface area contributed by atoms with E-state index < -0.39 is 0 Å². The van der Waals surface area contributed by atoms with E-state index in [1.165, 1.54) is 0 Å². The zero-order valence-electron chi connectivity index (χ0n) is 14.5. The molecular formula is C19H23N3O2. The Morgan fingerprint density at radius 2 is 1.88 bits per heavy atom. The third-order valence-electron chi connectivity index (χ3n) is 4.22. The highest BCUT2D eigenvalue weighted by atomic mass is 16.5. The van der Waals surface area contributed by atoms with Crippen LogP contribution in [0.5, 0.6) is 5.88 Å². The maximum absolute atomic E-state index is 12.6. The Morgan fingerprint density at radius 1 is 1.12 bits per heavy atom. The summed E-state index contributed by atoms with van der Waals surface area (Å²) in [6.45, 7) is 7.22. The standard InChI is InChI=1S/C19H23N3O2/c1-13-5-4-6-16(11-13)19(23)22-9-7-17(8-10-22)24-18-12-14(2)20-15(3)21-18/h4-6,11-12,17H,7-10H2,1-3H3. The molecule has 0 bridgehead atoms. The number of nitrogens with zero attached hydrogens (tertiary/aromatic N) is 3. The van der Waals surface area contributed by atoms with Crippen molar-refractivity contribution in [2.75, 3.05) is 13.1 Å². The SMILES string of the molecule is Cc1cccc(C(=O)N2CCC(Oc3cc(C)nc(C)n3)CC2)c1. The van der Waals surface area contributed by atoms with Crippen LogP contribution in [-0.2, 0) is 0 Å². The summed E-state index contributed by atoms with van der Waals surface area (Å²) in [5.74, 6) is 1.45. The van der Waals surface area contributed by atoms with Gasteiger partial charge >= 0.3 is 0 Å². The molecule has 1 saturated heterocycles. The van der Waals surface area contributed by atoms with Gasteiger partial charge in [0.1, 0.15) is 11.9 Å². The molecule has 5 heteroatoms. The van der Waals surface area contributed by atoms with Crippen LogP contribution in [0.15, 0.2) is 30.3 Å². The first-order valence-electron chi connectivity index (χ1n) is 8.36. The molecule has 1 aromatic carbocycles. The number of aromatic nitrogens is 2. The highest BCUT2D eigenvalue weighted by Gasteiger charge is 2.25. The second-order valence-corrected chi connectivity index (χ2v) is 6.37. The average Bonchev–Trinajstić information content (AvgIpc) is 2.54. The van der Waals surface area contributed by atoms with Gasteiger partial charge in [0.2, 0.25) is 5.88 Å². The van der Waals surface area contributed by atoms with Crippen molar-refractivity contribution in [1.29, 1.82) is 0 Å². The van der Waals surface area contributed by atoms with Crippen LogP contribution in [-0.4, -0.2) is 40.0 Å². The fourth-order valence-electron chi connectivity index (χ4n) is 3.05. The molecule has 0 radical (unpaired) electrons. The number of aryl methyl sites for hydroxylation is 3. The van der Waals surface area contributed by atoms with Crippen LogP contribution in [0.4, 0.5) is 0 Å². The van der Waals surface area contributed by atoms with Gasteiger partial charge in [0.05, 0.1) is 0 Å². The lowest BCUT2D eigenvalue weighted by Gasteiger charge is -2.32. The van der Waals surface area contributed by atoms with Crippen molar-refractivity contribution >= 4 is 5.91 Å².